The highest BCUT2D eigenvalue weighted by Crippen LogP contribution is 2.35. The predicted molar refractivity (Wildman–Crippen MR) is 64.8 cm³/mol. The highest BCUT2D eigenvalue weighted by molar-refractivity contribution is 5.77. The molecule has 1 aliphatic rings. The number of urea groups is 1. The Morgan fingerprint density at radius 1 is 1.56 bits per heavy atom. The molecule has 0 radical (unpaired) electrons. The van der Waals surface area contributed by atoms with Crippen molar-refractivity contribution in [2.45, 2.75) is 38.1 Å². The van der Waals surface area contributed by atoms with Gasteiger partial charge in [0.05, 0.1) is 23.9 Å². The second-order valence-electron chi connectivity index (χ2n) is 5.05. The third-order valence-electron chi connectivity index (χ3n) is 3.29. The molecule has 0 aliphatic heterocycles. The first-order chi connectivity index (χ1) is 8.38. The van der Waals surface area contributed by atoms with Crippen LogP contribution in [0.1, 0.15) is 32.6 Å². The Balaban J connectivity index is 2.52. The fourth-order valence-electron chi connectivity index (χ4n) is 2.10. The molecule has 0 bridgehead atoms. The average molecular weight is 253 g/mol. The molecule has 1 rings (SSSR count). The molecule has 0 spiro atoms. The van der Waals surface area contributed by atoms with E-state index in [0.717, 1.165) is 6.42 Å². The van der Waals surface area contributed by atoms with Crippen molar-refractivity contribution in [2.75, 3.05) is 13.6 Å². The summed E-state index contributed by atoms with van der Waals surface area (Å²) in [5, 5.41) is 20.3. The van der Waals surface area contributed by atoms with Crippen LogP contribution in [0, 0.1) is 17.2 Å². The van der Waals surface area contributed by atoms with E-state index in [2.05, 4.69) is 11.4 Å². The Hall–Kier alpha value is -1.77. The van der Waals surface area contributed by atoms with Crippen molar-refractivity contribution in [1.82, 2.24) is 10.2 Å². The number of carboxylic acid groups (broad SMARTS) is 1. The third-order valence-corrected chi connectivity index (χ3v) is 3.29. The number of carbonyl (C=O) groups excluding carboxylic acids is 1. The lowest BCUT2D eigenvalue weighted by Crippen LogP contribution is -2.57. The van der Waals surface area contributed by atoms with E-state index in [-0.39, 0.29) is 18.4 Å². The predicted octanol–water partition coefficient (Wildman–Crippen LogP) is 1.18. The first kappa shape index (κ1) is 14.3. The smallest absolute Gasteiger partial charge is 0.317 e. The summed E-state index contributed by atoms with van der Waals surface area (Å²) in [7, 11) is 1.61. The first-order valence-electron chi connectivity index (χ1n) is 6.03. The van der Waals surface area contributed by atoms with Crippen LogP contribution in [0.5, 0.6) is 0 Å². The Kier molecular flexibility index (Phi) is 4.54. The number of carboxylic acids is 1. The van der Waals surface area contributed by atoms with Crippen molar-refractivity contribution in [2.24, 2.45) is 5.92 Å². The van der Waals surface area contributed by atoms with Crippen LogP contribution in [-0.2, 0) is 4.79 Å². The number of nitrogens with one attached hydrogen (secondary N) is 1. The largest absolute Gasteiger partial charge is 0.481 e. The molecular weight excluding hydrogens is 234 g/mol. The van der Waals surface area contributed by atoms with E-state index in [0.29, 0.717) is 19.4 Å². The van der Waals surface area contributed by atoms with Crippen LogP contribution in [0.15, 0.2) is 0 Å². The summed E-state index contributed by atoms with van der Waals surface area (Å²) >= 11 is 0. The van der Waals surface area contributed by atoms with Gasteiger partial charge in [-0.3, -0.25) is 4.79 Å². The minimum atomic E-state index is -0.900. The lowest BCUT2D eigenvalue weighted by Gasteiger charge is -2.42. The molecule has 1 atom stereocenters. The van der Waals surface area contributed by atoms with Crippen molar-refractivity contribution in [3.8, 4) is 6.07 Å². The maximum absolute atomic E-state index is 11.9. The van der Waals surface area contributed by atoms with Crippen LogP contribution < -0.4 is 5.32 Å². The SMILES string of the molecule is CC(C#N)CN(C)C(=O)NC1(CC(=O)O)CCC1. The van der Waals surface area contributed by atoms with Crippen LogP contribution in [0.3, 0.4) is 0 Å². The number of carbonyl (C=O) groups is 2. The molecule has 1 fully saturated rings. The lowest BCUT2D eigenvalue weighted by atomic mass is 9.74. The molecule has 0 aromatic carbocycles. The first-order valence-corrected chi connectivity index (χ1v) is 6.03. The zero-order valence-electron chi connectivity index (χ0n) is 10.8. The van der Waals surface area contributed by atoms with Crippen molar-refractivity contribution >= 4 is 12.0 Å². The molecule has 2 amide bonds. The minimum Gasteiger partial charge on any atom is -0.481 e. The summed E-state index contributed by atoms with van der Waals surface area (Å²) < 4.78 is 0. The number of nitrogens with zero attached hydrogens (tertiary/aromatic N) is 2. The zero-order valence-corrected chi connectivity index (χ0v) is 10.8. The van der Waals surface area contributed by atoms with Gasteiger partial charge in [-0.15, -0.1) is 0 Å². The number of hydrogen-bond acceptors (Lipinski definition) is 3. The van der Waals surface area contributed by atoms with Gasteiger partial charge in [0.15, 0.2) is 0 Å². The molecule has 6 heteroatoms. The molecule has 6 nitrogen and oxygen atoms in total. The van der Waals surface area contributed by atoms with Gasteiger partial charge in [0.25, 0.3) is 0 Å². The number of amides is 2. The Bertz CT molecular complexity index is 371. The van der Waals surface area contributed by atoms with Crippen LogP contribution in [0.2, 0.25) is 0 Å². The molecule has 18 heavy (non-hydrogen) atoms. The van der Waals surface area contributed by atoms with E-state index in [1.165, 1.54) is 4.90 Å². The zero-order chi connectivity index (χ0) is 13.8. The molecule has 1 unspecified atom stereocenters. The summed E-state index contributed by atoms with van der Waals surface area (Å²) in [6.07, 6.45) is 2.30. The van der Waals surface area contributed by atoms with Crippen LogP contribution in [0.4, 0.5) is 4.79 Å². The van der Waals surface area contributed by atoms with Gasteiger partial charge >= 0.3 is 12.0 Å². The van der Waals surface area contributed by atoms with E-state index in [1.807, 2.05) is 0 Å². The van der Waals surface area contributed by atoms with Crippen molar-refractivity contribution in [3.05, 3.63) is 0 Å². The van der Waals surface area contributed by atoms with E-state index in [4.69, 9.17) is 10.4 Å². The summed E-state index contributed by atoms with van der Waals surface area (Å²) in [5.74, 6) is -1.14. The Morgan fingerprint density at radius 2 is 2.17 bits per heavy atom. The van der Waals surface area contributed by atoms with E-state index < -0.39 is 11.5 Å². The molecule has 100 valence electrons. The van der Waals surface area contributed by atoms with Gasteiger partial charge in [-0.1, -0.05) is 0 Å². The number of rotatable bonds is 5. The van der Waals surface area contributed by atoms with Gasteiger partial charge in [-0.05, 0) is 26.2 Å². The molecule has 0 saturated heterocycles. The highest BCUT2D eigenvalue weighted by atomic mass is 16.4. The molecular formula is C12H19N3O3. The lowest BCUT2D eigenvalue weighted by molar-refractivity contribution is -0.139. The van der Waals surface area contributed by atoms with Gasteiger partial charge in [-0.25, -0.2) is 4.79 Å². The number of nitriles is 1. The number of aliphatic carboxylic acids is 1. The molecule has 0 heterocycles. The van der Waals surface area contributed by atoms with Gasteiger partial charge in [-0.2, -0.15) is 5.26 Å². The Labute approximate surface area is 107 Å². The van der Waals surface area contributed by atoms with Gasteiger partial charge in [0.2, 0.25) is 0 Å². The number of hydrogen-bond donors (Lipinski definition) is 2. The maximum Gasteiger partial charge on any atom is 0.317 e. The van der Waals surface area contributed by atoms with E-state index >= 15 is 0 Å². The molecule has 0 aromatic heterocycles. The van der Waals surface area contributed by atoms with Gasteiger partial charge < -0.3 is 15.3 Å². The second-order valence-corrected chi connectivity index (χ2v) is 5.05. The fourth-order valence-corrected chi connectivity index (χ4v) is 2.10. The van der Waals surface area contributed by atoms with Crippen molar-refractivity contribution in [1.29, 1.82) is 5.26 Å². The molecule has 0 aromatic rings. The van der Waals surface area contributed by atoms with Crippen LogP contribution >= 0.6 is 0 Å². The normalized spacial score (nSPS) is 18.1. The standard InChI is InChI=1S/C12H19N3O3/c1-9(7-13)8-15(2)11(18)14-12(4-3-5-12)6-10(16)17/h9H,3-6,8H2,1-2H3,(H,14,18)(H,16,17). The summed E-state index contributed by atoms with van der Waals surface area (Å²) in [6, 6.07) is 1.75. The molecule has 1 saturated carbocycles. The van der Waals surface area contributed by atoms with Crippen molar-refractivity contribution < 1.29 is 14.7 Å². The minimum absolute atomic E-state index is 0.0413. The van der Waals surface area contributed by atoms with Gasteiger partial charge in [0.1, 0.15) is 0 Å². The fraction of sp³-hybridized carbons (Fsp3) is 0.750. The van der Waals surface area contributed by atoms with Crippen LogP contribution in [-0.4, -0.2) is 41.1 Å². The van der Waals surface area contributed by atoms with Gasteiger partial charge in [0, 0.05) is 13.6 Å². The third kappa shape index (κ3) is 3.62. The monoisotopic (exact) mass is 253 g/mol. The van der Waals surface area contributed by atoms with Crippen LogP contribution in [0.25, 0.3) is 0 Å². The molecule has 1 aliphatic carbocycles. The average Bonchev–Trinajstić information content (AvgIpc) is 2.24. The summed E-state index contributed by atoms with van der Waals surface area (Å²) in [6.45, 7) is 2.08. The summed E-state index contributed by atoms with van der Waals surface area (Å²) in [5.41, 5.74) is -0.590. The highest BCUT2D eigenvalue weighted by Gasteiger charge is 2.40. The molecule has 2 N–H and O–H groups in total. The van der Waals surface area contributed by atoms with E-state index in [9.17, 15) is 9.59 Å². The van der Waals surface area contributed by atoms with E-state index in [1.54, 1.807) is 14.0 Å². The summed E-state index contributed by atoms with van der Waals surface area (Å²) in [4.78, 5) is 24.1. The quantitative estimate of drug-likeness (QED) is 0.769. The maximum atomic E-state index is 11.9. The topological polar surface area (TPSA) is 93.4 Å². The van der Waals surface area contributed by atoms with Crippen molar-refractivity contribution in [3.63, 3.8) is 0 Å². The second kappa shape index (κ2) is 5.71. The Morgan fingerprint density at radius 3 is 2.56 bits per heavy atom.